The second-order valence-electron chi connectivity index (χ2n) is 7.91. The van der Waals surface area contributed by atoms with Crippen LogP contribution in [0.2, 0.25) is 0 Å². The largest absolute Gasteiger partial charge is 0.426 e. The molecule has 2 aromatic rings. The number of benzene rings is 1. The minimum absolute atomic E-state index is 0.0490. The van der Waals surface area contributed by atoms with Gasteiger partial charge in [0.1, 0.15) is 5.75 Å². The summed E-state index contributed by atoms with van der Waals surface area (Å²) in [5.41, 5.74) is -3.55. The van der Waals surface area contributed by atoms with E-state index in [9.17, 15) is 35.9 Å². The summed E-state index contributed by atoms with van der Waals surface area (Å²) in [5.74, 6) is -1.69. The first kappa shape index (κ1) is 25.5. The van der Waals surface area contributed by atoms with Gasteiger partial charge in [-0.15, -0.1) is 0 Å². The van der Waals surface area contributed by atoms with Gasteiger partial charge in [-0.2, -0.15) is 26.3 Å². The molecule has 1 saturated heterocycles. The Kier molecular flexibility index (Phi) is 6.42. The van der Waals surface area contributed by atoms with E-state index in [1.165, 1.54) is 6.92 Å². The number of ether oxygens (including phenoxy) is 1. The Morgan fingerprint density at radius 2 is 1.68 bits per heavy atom. The summed E-state index contributed by atoms with van der Waals surface area (Å²) in [6, 6.07) is 2.27. The second kappa shape index (κ2) is 8.57. The van der Waals surface area contributed by atoms with Crippen LogP contribution in [0.25, 0.3) is 0 Å². The third kappa shape index (κ3) is 4.59. The van der Waals surface area contributed by atoms with Crippen LogP contribution in [0.4, 0.5) is 26.3 Å². The summed E-state index contributed by atoms with van der Waals surface area (Å²) in [5, 5.41) is 0.469. The number of alkyl halides is 6. The van der Waals surface area contributed by atoms with Gasteiger partial charge in [0.2, 0.25) is 11.5 Å². The van der Waals surface area contributed by atoms with Crippen LogP contribution in [0.5, 0.6) is 5.75 Å². The molecule has 1 aliphatic rings. The molecule has 1 amide bonds. The molecule has 0 bridgehead atoms. The summed E-state index contributed by atoms with van der Waals surface area (Å²) in [4.78, 5) is 33.6. The van der Waals surface area contributed by atoms with Crippen LogP contribution in [0, 0.1) is 20.8 Å². The monoisotopic (exact) mass is 490 g/mol. The van der Waals surface area contributed by atoms with Gasteiger partial charge in [0.25, 0.3) is 0 Å². The van der Waals surface area contributed by atoms with E-state index >= 15 is 0 Å². The Bertz CT molecular complexity index is 1130. The van der Waals surface area contributed by atoms with Crippen molar-refractivity contribution in [3.63, 3.8) is 0 Å². The van der Waals surface area contributed by atoms with Crippen molar-refractivity contribution in [3.05, 3.63) is 57.9 Å². The van der Waals surface area contributed by atoms with Gasteiger partial charge in [0, 0.05) is 29.4 Å². The fraction of sp³-hybridized carbons (Fsp3) is 0.409. The summed E-state index contributed by atoms with van der Waals surface area (Å²) < 4.78 is 86.3. The molecule has 1 fully saturated rings. The first-order valence-electron chi connectivity index (χ1n) is 9.96. The van der Waals surface area contributed by atoms with Gasteiger partial charge in [-0.3, -0.25) is 14.6 Å². The number of hydrogen-bond donors (Lipinski definition) is 0. The lowest BCUT2D eigenvalue weighted by Crippen LogP contribution is -2.43. The first-order valence-corrected chi connectivity index (χ1v) is 9.96. The molecule has 184 valence electrons. The zero-order valence-corrected chi connectivity index (χ0v) is 18.5. The number of aryl methyl sites for hydroxylation is 2. The van der Waals surface area contributed by atoms with Gasteiger partial charge in [0.15, 0.2) is 0 Å². The molecule has 34 heavy (non-hydrogen) atoms. The van der Waals surface area contributed by atoms with Gasteiger partial charge >= 0.3 is 18.3 Å². The molecular formula is C22H20F6N2O4. The average Bonchev–Trinajstić information content (AvgIpc) is 3.05. The van der Waals surface area contributed by atoms with Crippen LogP contribution in [-0.4, -0.2) is 28.1 Å². The number of aromatic nitrogens is 1. The lowest BCUT2D eigenvalue weighted by molar-refractivity contribution is -0.325. The highest BCUT2D eigenvalue weighted by atomic mass is 19.4. The van der Waals surface area contributed by atoms with Crippen molar-refractivity contribution in [1.29, 1.82) is 0 Å². The predicted molar refractivity (Wildman–Crippen MR) is 105 cm³/mol. The smallest absolute Gasteiger partial charge is 0.424 e. The van der Waals surface area contributed by atoms with E-state index in [-0.39, 0.29) is 11.3 Å². The van der Waals surface area contributed by atoms with Crippen molar-refractivity contribution in [2.75, 3.05) is 0 Å². The Labute approximate surface area is 190 Å². The molecule has 0 spiro atoms. The quantitative estimate of drug-likeness (QED) is 0.442. The summed E-state index contributed by atoms with van der Waals surface area (Å²) in [7, 11) is 0. The molecule has 0 N–H and O–H groups in total. The lowest BCUT2D eigenvalue weighted by atomic mass is 9.89. The highest BCUT2D eigenvalue weighted by Gasteiger charge is 2.64. The van der Waals surface area contributed by atoms with Crippen molar-refractivity contribution < 1.29 is 45.5 Å². The summed E-state index contributed by atoms with van der Waals surface area (Å²) in [6.45, 7) is 5.39. The van der Waals surface area contributed by atoms with Crippen molar-refractivity contribution in [3.8, 4) is 5.75 Å². The topological polar surface area (TPSA) is 68.7 Å². The molecular weight excluding hydrogens is 470 g/mol. The molecule has 0 saturated carbocycles. The average molecular weight is 490 g/mol. The predicted octanol–water partition coefficient (Wildman–Crippen LogP) is 5.07. The second-order valence-corrected chi connectivity index (χ2v) is 7.91. The fourth-order valence-electron chi connectivity index (χ4n) is 3.66. The van der Waals surface area contributed by atoms with E-state index in [1.54, 1.807) is 13.8 Å². The fourth-order valence-corrected chi connectivity index (χ4v) is 3.66. The normalized spacial score (nSPS) is 19.0. The number of esters is 1. The van der Waals surface area contributed by atoms with Crippen molar-refractivity contribution in [2.24, 2.45) is 0 Å². The SMILES string of the molecule is CC(=O)Oc1c(C)c(C)nc(C)c1CN1OC(c2ccc(C(F)(F)F)cc2)(C(F)(F)F)CC1=O. The minimum Gasteiger partial charge on any atom is -0.426 e. The number of carbonyl (C=O) groups excluding carboxylic acids is 2. The third-order valence-corrected chi connectivity index (χ3v) is 5.56. The molecule has 1 aliphatic heterocycles. The van der Waals surface area contributed by atoms with Crippen molar-refractivity contribution >= 4 is 11.9 Å². The number of nitrogens with zero attached hydrogens (tertiary/aromatic N) is 2. The molecule has 0 radical (unpaired) electrons. The standard InChI is InChI=1S/C22H20F6N2O4/c1-11-12(2)29-13(3)17(19(11)33-14(4)31)10-30-18(32)9-20(34-30,22(26,27)28)15-5-7-16(8-6-15)21(23,24)25/h5-8H,9-10H2,1-4H3. The van der Waals surface area contributed by atoms with E-state index in [0.29, 0.717) is 46.3 Å². The number of amides is 1. The third-order valence-electron chi connectivity index (χ3n) is 5.56. The zero-order chi connectivity index (χ0) is 25.6. The van der Waals surface area contributed by atoms with Gasteiger partial charge in [-0.05, 0) is 38.5 Å². The molecule has 1 atom stereocenters. The molecule has 1 unspecified atom stereocenters. The minimum atomic E-state index is -5.13. The molecule has 6 nitrogen and oxygen atoms in total. The zero-order valence-electron chi connectivity index (χ0n) is 18.5. The highest BCUT2D eigenvalue weighted by molar-refractivity contribution is 5.79. The molecule has 3 rings (SSSR count). The van der Waals surface area contributed by atoms with Crippen LogP contribution >= 0.6 is 0 Å². The Morgan fingerprint density at radius 3 is 2.18 bits per heavy atom. The van der Waals surface area contributed by atoms with Gasteiger partial charge in [0.05, 0.1) is 18.5 Å². The van der Waals surface area contributed by atoms with Crippen LogP contribution in [0.3, 0.4) is 0 Å². The van der Waals surface area contributed by atoms with E-state index in [2.05, 4.69) is 4.98 Å². The van der Waals surface area contributed by atoms with Crippen molar-refractivity contribution in [1.82, 2.24) is 10.0 Å². The van der Waals surface area contributed by atoms with Crippen LogP contribution in [0.15, 0.2) is 24.3 Å². The summed E-state index contributed by atoms with van der Waals surface area (Å²) in [6.07, 6.45) is -11.1. The molecule has 2 heterocycles. The van der Waals surface area contributed by atoms with Gasteiger partial charge in [-0.25, -0.2) is 9.90 Å². The number of rotatable bonds is 4. The number of hydroxylamine groups is 2. The summed E-state index contributed by atoms with van der Waals surface area (Å²) >= 11 is 0. The Hall–Kier alpha value is -3.15. The maximum absolute atomic E-state index is 14.2. The highest BCUT2D eigenvalue weighted by Crippen LogP contribution is 2.50. The lowest BCUT2D eigenvalue weighted by Gasteiger charge is -2.31. The molecule has 0 aliphatic carbocycles. The van der Waals surface area contributed by atoms with E-state index < -0.39 is 53.9 Å². The number of hydrogen-bond acceptors (Lipinski definition) is 5. The molecule has 1 aromatic carbocycles. The maximum atomic E-state index is 14.2. The Balaban J connectivity index is 2.02. The number of carbonyl (C=O) groups is 2. The number of halogens is 6. The van der Waals surface area contributed by atoms with Gasteiger partial charge in [-0.1, -0.05) is 12.1 Å². The number of pyridine rings is 1. The van der Waals surface area contributed by atoms with Crippen molar-refractivity contribution in [2.45, 2.75) is 58.6 Å². The molecule has 12 heteroatoms. The van der Waals surface area contributed by atoms with Crippen LogP contribution < -0.4 is 4.74 Å². The van der Waals surface area contributed by atoms with Gasteiger partial charge < -0.3 is 4.74 Å². The van der Waals surface area contributed by atoms with E-state index in [1.807, 2.05) is 0 Å². The van der Waals surface area contributed by atoms with E-state index in [4.69, 9.17) is 9.57 Å². The maximum Gasteiger partial charge on any atom is 0.424 e. The molecule has 1 aromatic heterocycles. The Morgan fingerprint density at radius 1 is 1.09 bits per heavy atom. The van der Waals surface area contributed by atoms with Crippen LogP contribution in [-0.2, 0) is 32.7 Å². The van der Waals surface area contributed by atoms with Crippen LogP contribution in [0.1, 0.15) is 47.0 Å². The first-order chi connectivity index (χ1) is 15.6. The van der Waals surface area contributed by atoms with E-state index in [0.717, 1.165) is 6.92 Å².